The molecule has 1 N–H and O–H groups in total. The van der Waals surface area contributed by atoms with E-state index >= 15 is 0 Å². The van der Waals surface area contributed by atoms with E-state index in [-0.39, 0.29) is 0 Å². The fourth-order valence-corrected chi connectivity index (χ4v) is 1.67. The van der Waals surface area contributed by atoms with Gasteiger partial charge in [-0.15, -0.1) is 0 Å². The average Bonchev–Trinajstić information content (AvgIpc) is 2.81. The summed E-state index contributed by atoms with van der Waals surface area (Å²) >= 11 is 0. The van der Waals surface area contributed by atoms with Crippen LogP contribution in [0.4, 0.5) is 11.8 Å². The largest absolute Gasteiger partial charge is 0.373 e. The van der Waals surface area contributed by atoms with Crippen LogP contribution in [-0.2, 0) is 6.54 Å². The van der Waals surface area contributed by atoms with Crippen LogP contribution in [0.3, 0.4) is 0 Å². The van der Waals surface area contributed by atoms with Crippen LogP contribution < -0.4 is 10.2 Å². The highest BCUT2D eigenvalue weighted by Gasteiger charge is 2.05. The number of hydrogen-bond acceptors (Lipinski definition) is 5. The molecule has 0 amide bonds. The van der Waals surface area contributed by atoms with Crippen molar-refractivity contribution >= 4 is 11.8 Å². The van der Waals surface area contributed by atoms with Crippen LogP contribution in [0, 0.1) is 6.92 Å². The first-order chi connectivity index (χ1) is 8.70. The molecule has 0 saturated carbocycles. The van der Waals surface area contributed by atoms with E-state index in [1.807, 2.05) is 44.4 Å². The van der Waals surface area contributed by atoms with Crippen LogP contribution in [0.2, 0.25) is 0 Å². The number of aromatic nitrogens is 4. The molecule has 0 radical (unpaired) electrons. The first-order valence-electron chi connectivity index (χ1n) is 5.90. The van der Waals surface area contributed by atoms with E-state index in [0.717, 1.165) is 30.7 Å². The van der Waals surface area contributed by atoms with Gasteiger partial charge < -0.3 is 14.8 Å². The van der Waals surface area contributed by atoms with Crippen molar-refractivity contribution in [3.63, 3.8) is 0 Å². The van der Waals surface area contributed by atoms with Crippen molar-refractivity contribution < 1.29 is 0 Å². The van der Waals surface area contributed by atoms with Gasteiger partial charge in [0.2, 0.25) is 5.95 Å². The van der Waals surface area contributed by atoms with Crippen LogP contribution >= 0.6 is 0 Å². The lowest BCUT2D eigenvalue weighted by Crippen LogP contribution is -2.24. The van der Waals surface area contributed by atoms with Crippen LogP contribution in [0.5, 0.6) is 0 Å². The molecule has 18 heavy (non-hydrogen) atoms. The second-order valence-corrected chi connectivity index (χ2v) is 4.08. The number of imidazole rings is 1. The molecule has 2 rings (SSSR count). The molecule has 0 unspecified atom stereocenters. The van der Waals surface area contributed by atoms with E-state index in [0.29, 0.717) is 0 Å². The molecule has 0 saturated heterocycles. The zero-order valence-electron chi connectivity index (χ0n) is 11.0. The fraction of sp³-hybridized carbons (Fsp3) is 0.417. The van der Waals surface area contributed by atoms with Gasteiger partial charge in [0.25, 0.3) is 0 Å². The second kappa shape index (κ2) is 5.48. The van der Waals surface area contributed by atoms with Crippen molar-refractivity contribution in [2.45, 2.75) is 13.5 Å². The van der Waals surface area contributed by atoms with Crippen molar-refractivity contribution in [1.82, 2.24) is 19.5 Å². The molecule has 96 valence electrons. The first kappa shape index (κ1) is 12.3. The minimum Gasteiger partial charge on any atom is -0.373 e. The number of nitrogens with one attached hydrogen (secondary N) is 1. The SMILES string of the molecule is CNc1ccnc(N(C)CCn2ccnc2C)n1. The van der Waals surface area contributed by atoms with E-state index in [1.165, 1.54) is 0 Å². The second-order valence-electron chi connectivity index (χ2n) is 4.08. The van der Waals surface area contributed by atoms with Gasteiger partial charge in [0.1, 0.15) is 11.6 Å². The Morgan fingerprint density at radius 2 is 2.17 bits per heavy atom. The van der Waals surface area contributed by atoms with E-state index in [1.54, 1.807) is 6.20 Å². The Balaban J connectivity index is 1.99. The Morgan fingerprint density at radius 1 is 1.33 bits per heavy atom. The molecule has 2 aromatic heterocycles. The minimum atomic E-state index is 0.722. The van der Waals surface area contributed by atoms with Crippen molar-refractivity contribution in [2.24, 2.45) is 0 Å². The smallest absolute Gasteiger partial charge is 0.227 e. The standard InChI is InChI=1S/C12H18N6/c1-10-14-6-7-18(10)9-8-17(3)12-15-5-4-11(13-2)16-12/h4-7H,8-9H2,1-3H3,(H,13,15,16). The summed E-state index contributed by atoms with van der Waals surface area (Å²) in [5.41, 5.74) is 0. The zero-order valence-corrected chi connectivity index (χ0v) is 11.0. The summed E-state index contributed by atoms with van der Waals surface area (Å²) in [6.45, 7) is 3.71. The van der Waals surface area contributed by atoms with Crippen LogP contribution in [0.15, 0.2) is 24.7 Å². The summed E-state index contributed by atoms with van der Waals surface area (Å²) in [6.07, 6.45) is 5.55. The Morgan fingerprint density at radius 3 is 2.83 bits per heavy atom. The highest BCUT2D eigenvalue weighted by atomic mass is 15.3. The molecule has 6 nitrogen and oxygen atoms in total. The van der Waals surface area contributed by atoms with Gasteiger partial charge in [-0.3, -0.25) is 0 Å². The molecule has 0 aromatic carbocycles. The fourth-order valence-electron chi connectivity index (χ4n) is 1.67. The molecular formula is C12H18N6. The Bertz CT molecular complexity index is 507. The third-order valence-electron chi connectivity index (χ3n) is 2.84. The molecule has 0 aliphatic rings. The molecule has 0 spiro atoms. The monoisotopic (exact) mass is 246 g/mol. The number of likely N-dealkylation sites (N-methyl/N-ethyl adjacent to an activating group) is 1. The normalized spacial score (nSPS) is 10.4. The topological polar surface area (TPSA) is 58.9 Å². The highest BCUT2D eigenvalue weighted by Crippen LogP contribution is 2.08. The maximum Gasteiger partial charge on any atom is 0.227 e. The maximum absolute atomic E-state index is 4.39. The van der Waals surface area contributed by atoms with Gasteiger partial charge >= 0.3 is 0 Å². The molecule has 2 heterocycles. The van der Waals surface area contributed by atoms with Gasteiger partial charge in [-0.2, -0.15) is 4.98 Å². The predicted molar refractivity (Wildman–Crippen MR) is 71.8 cm³/mol. The molecule has 0 bridgehead atoms. The van der Waals surface area contributed by atoms with Gasteiger partial charge in [0, 0.05) is 45.8 Å². The lowest BCUT2D eigenvalue weighted by Gasteiger charge is -2.18. The molecule has 2 aromatic rings. The molecule has 0 aliphatic heterocycles. The molecular weight excluding hydrogens is 228 g/mol. The number of hydrogen-bond donors (Lipinski definition) is 1. The predicted octanol–water partition coefficient (Wildman–Crippen LogP) is 1.16. The number of rotatable bonds is 5. The summed E-state index contributed by atoms with van der Waals surface area (Å²) < 4.78 is 2.11. The van der Waals surface area contributed by atoms with Crippen LogP contribution in [0.1, 0.15) is 5.82 Å². The molecule has 0 fully saturated rings. The summed E-state index contributed by atoms with van der Waals surface area (Å²) in [5, 5.41) is 3.01. The summed E-state index contributed by atoms with van der Waals surface area (Å²) in [5.74, 6) is 2.57. The maximum atomic E-state index is 4.39. The average molecular weight is 246 g/mol. The Kier molecular flexibility index (Phi) is 3.76. The Hall–Kier alpha value is -2.11. The quantitative estimate of drug-likeness (QED) is 0.858. The summed E-state index contributed by atoms with van der Waals surface area (Å²) in [4.78, 5) is 14.9. The lowest BCUT2D eigenvalue weighted by atomic mass is 10.5. The number of aryl methyl sites for hydroxylation is 1. The third kappa shape index (κ3) is 2.77. The van der Waals surface area contributed by atoms with E-state index in [9.17, 15) is 0 Å². The van der Waals surface area contributed by atoms with Gasteiger partial charge in [-0.25, -0.2) is 9.97 Å². The van der Waals surface area contributed by atoms with Crippen molar-refractivity contribution in [1.29, 1.82) is 0 Å². The van der Waals surface area contributed by atoms with Crippen molar-refractivity contribution in [3.05, 3.63) is 30.5 Å². The number of nitrogens with zero attached hydrogens (tertiary/aromatic N) is 5. The zero-order chi connectivity index (χ0) is 13.0. The highest BCUT2D eigenvalue weighted by molar-refractivity contribution is 5.39. The van der Waals surface area contributed by atoms with E-state index in [4.69, 9.17) is 0 Å². The first-order valence-corrected chi connectivity index (χ1v) is 5.90. The lowest BCUT2D eigenvalue weighted by molar-refractivity contribution is 0.657. The van der Waals surface area contributed by atoms with Gasteiger partial charge in [0.05, 0.1) is 0 Å². The van der Waals surface area contributed by atoms with Crippen LogP contribution in [-0.4, -0.2) is 40.2 Å². The van der Waals surface area contributed by atoms with Crippen molar-refractivity contribution in [3.8, 4) is 0 Å². The minimum absolute atomic E-state index is 0.722. The summed E-state index contributed by atoms with van der Waals surface area (Å²) in [6, 6.07) is 1.84. The molecule has 6 heteroatoms. The van der Waals surface area contributed by atoms with Gasteiger partial charge in [-0.1, -0.05) is 0 Å². The molecule has 0 aliphatic carbocycles. The number of anilines is 2. The van der Waals surface area contributed by atoms with Gasteiger partial charge in [0.15, 0.2) is 0 Å². The van der Waals surface area contributed by atoms with E-state index < -0.39 is 0 Å². The molecule has 0 atom stereocenters. The Labute approximate surface area is 107 Å². The van der Waals surface area contributed by atoms with E-state index in [2.05, 4.69) is 24.8 Å². The third-order valence-corrected chi connectivity index (χ3v) is 2.84. The van der Waals surface area contributed by atoms with Gasteiger partial charge in [-0.05, 0) is 13.0 Å². The van der Waals surface area contributed by atoms with Crippen molar-refractivity contribution in [2.75, 3.05) is 30.9 Å². The van der Waals surface area contributed by atoms with Crippen LogP contribution in [0.25, 0.3) is 0 Å². The summed E-state index contributed by atoms with van der Waals surface area (Å²) in [7, 11) is 3.84.